The molecule has 1 saturated carbocycles. The highest BCUT2D eigenvalue weighted by Gasteiger charge is 2.50. The smallest absolute Gasteiger partial charge is 0.319 e. The van der Waals surface area contributed by atoms with Gasteiger partial charge in [-0.15, -0.1) is 0 Å². The third-order valence-electron chi connectivity index (χ3n) is 4.63. The largest absolute Gasteiger partial charge is 0.480 e. The number of aliphatic carboxylic acids is 1. The van der Waals surface area contributed by atoms with Crippen LogP contribution in [0.25, 0.3) is 0 Å². The molecule has 0 bridgehead atoms. The maximum atomic E-state index is 12.2. The van der Waals surface area contributed by atoms with Crippen molar-refractivity contribution in [1.29, 1.82) is 0 Å². The van der Waals surface area contributed by atoms with Crippen LogP contribution in [0.4, 0.5) is 5.69 Å². The van der Waals surface area contributed by atoms with Crippen LogP contribution in [0.5, 0.6) is 0 Å². The van der Waals surface area contributed by atoms with E-state index < -0.39 is 17.3 Å². The molecule has 0 aliphatic heterocycles. The molecule has 0 radical (unpaired) electrons. The van der Waals surface area contributed by atoms with Crippen molar-refractivity contribution in [2.24, 2.45) is 5.41 Å². The van der Waals surface area contributed by atoms with Crippen LogP contribution < -0.4 is 10.6 Å². The predicted octanol–water partition coefficient (Wildman–Crippen LogP) is 2.20. The highest BCUT2D eigenvalue weighted by atomic mass is 16.4. The topological polar surface area (TPSA) is 108 Å². The summed E-state index contributed by atoms with van der Waals surface area (Å²) in [4.78, 5) is 39.6. The molecule has 1 aromatic heterocycles. The van der Waals surface area contributed by atoms with Crippen LogP contribution in [0, 0.1) is 5.41 Å². The summed E-state index contributed by atoms with van der Waals surface area (Å²) < 4.78 is 0. The van der Waals surface area contributed by atoms with Gasteiger partial charge in [-0.05, 0) is 42.7 Å². The molecule has 134 valence electrons. The van der Waals surface area contributed by atoms with E-state index in [9.17, 15) is 19.5 Å². The summed E-state index contributed by atoms with van der Waals surface area (Å²) in [5, 5.41) is 14.8. The van der Waals surface area contributed by atoms with E-state index in [0.29, 0.717) is 24.1 Å². The van der Waals surface area contributed by atoms with Gasteiger partial charge in [0, 0.05) is 30.2 Å². The van der Waals surface area contributed by atoms with Crippen LogP contribution in [0.3, 0.4) is 0 Å². The van der Waals surface area contributed by atoms with E-state index in [1.54, 1.807) is 48.8 Å². The number of benzene rings is 1. The molecular formula is C19H19N3O4. The van der Waals surface area contributed by atoms with Crippen molar-refractivity contribution in [3.8, 4) is 0 Å². The number of carboxylic acid groups (broad SMARTS) is 1. The SMILES string of the molecule is O=C(Nc1cccc(CNC(=O)C2(C(=O)O)CCC2)c1)c1ccncc1. The molecule has 7 nitrogen and oxygen atoms in total. The number of aromatic nitrogens is 1. The summed E-state index contributed by atoms with van der Waals surface area (Å²) in [6, 6.07) is 10.3. The van der Waals surface area contributed by atoms with Crippen molar-refractivity contribution < 1.29 is 19.5 Å². The summed E-state index contributed by atoms with van der Waals surface area (Å²) >= 11 is 0. The third-order valence-corrected chi connectivity index (χ3v) is 4.63. The average Bonchev–Trinajstić information content (AvgIpc) is 2.60. The first-order chi connectivity index (χ1) is 12.5. The lowest BCUT2D eigenvalue weighted by molar-refractivity contribution is -0.162. The molecule has 3 rings (SSSR count). The minimum Gasteiger partial charge on any atom is -0.480 e. The van der Waals surface area contributed by atoms with Crippen molar-refractivity contribution >= 4 is 23.5 Å². The molecule has 1 aliphatic carbocycles. The average molecular weight is 353 g/mol. The van der Waals surface area contributed by atoms with Crippen molar-refractivity contribution in [1.82, 2.24) is 10.3 Å². The second kappa shape index (κ2) is 7.35. The van der Waals surface area contributed by atoms with Gasteiger partial charge in [0.05, 0.1) is 0 Å². The summed E-state index contributed by atoms with van der Waals surface area (Å²) in [5.41, 5.74) is 0.570. The fraction of sp³-hybridized carbons (Fsp3) is 0.263. The standard InChI is InChI=1S/C19H19N3O4/c23-16(14-5-9-20-10-6-14)22-15-4-1-3-13(11-15)12-21-17(24)19(18(25)26)7-2-8-19/h1,3-6,9-11H,2,7-8,12H2,(H,21,24)(H,22,23)(H,25,26). The van der Waals surface area contributed by atoms with Crippen molar-refractivity contribution in [2.45, 2.75) is 25.8 Å². The zero-order chi connectivity index (χ0) is 18.6. The van der Waals surface area contributed by atoms with Gasteiger partial charge in [-0.1, -0.05) is 18.6 Å². The number of hydrogen-bond donors (Lipinski definition) is 3. The van der Waals surface area contributed by atoms with Gasteiger partial charge in [-0.25, -0.2) is 0 Å². The number of amides is 2. The number of hydrogen-bond acceptors (Lipinski definition) is 4. The predicted molar refractivity (Wildman–Crippen MR) is 94.4 cm³/mol. The quantitative estimate of drug-likeness (QED) is 0.690. The third kappa shape index (κ3) is 3.56. The molecule has 3 N–H and O–H groups in total. The van der Waals surface area contributed by atoms with Gasteiger partial charge in [0.1, 0.15) is 5.41 Å². The molecule has 0 spiro atoms. The van der Waals surface area contributed by atoms with Crippen LogP contribution in [-0.4, -0.2) is 27.9 Å². The van der Waals surface area contributed by atoms with Gasteiger partial charge in [0.15, 0.2) is 0 Å². The first kappa shape index (κ1) is 17.6. The molecule has 0 atom stereocenters. The Hall–Kier alpha value is -3.22. The number of anilines is 1. The van der Waals surface area contributed by atoms with Crippen LogP contribution in [-0.2, 0) is 16.1 Å². The van der Waals surface area contributed by atoms with Gasteiger partial charge >= 0.3 is 5.97 Å². The van der Waals surface area contributed by atoms with Crippen molar-refractivity contribution in [2.75, 3.05) is 5.32 Å². The van der Waals surface area contributed by atoms with Gasteiger partial charge in [0.2, 0.25) is 5.91 Å². The van der Waals surface area contributed by atoms with Gasteiger partial charge in [0.25, 0.3) is 5.91 Å². The van der Waals surface area contributed by atoms with E-state index in [2.05, 4.69) is 15.6 Å². The number of carboxylic acids is 1. The molecule has 7 heteroatoms. The van der Waals surface area contributed by atoms with Crippen molar-refractivity contribution in [3.63, 3.8) is 0 Å². The van der Waals surface area contributed by atoms with Crippen LogP contribution in [0.15, 0.2) is 48.8 Å². The lowest BCUT2D eigenvalue weighted by Gasteiger charge is -2.35. The van der Waals surface area contributed by atoms with Gasteiger partial charge in [-0.3, -0.25) is 19.4 Å². The van der Waals surface area contributed by atoms with E-state index in [0.717, 1.165) is 12.0 Å². The summed E-state index contributed by atoms with van der Waals surface area (Å²) in [5.74, 6) is -1.78. The number of carbonyl (C=O) groups excluding carboxylic acids is 2. The fourth-order valence-electron chi connectivity index (χ4n) is 2.89. The molecule has 0 unspecified atom stereocenters. The molecule has 1 fully saturated rings. The van der Waals surface area contributed by atoms with E-state index >= 15 is 0 Å². The van der Waals surface area contributed by atoms with Gasteiger partial charge < -0.3 is 15.7 Å². The second-order valence-corrected chi connectivity index (χ2v) is 6.31. The zero-order valence-electron chi connectivity index (χ0n) is 14.1. The highest BCUT2D eigenvalue weighted by molar-refractivity contribution is 6.04. The zero-order valence-corrected chi connectivity index (χ0v) is 14.1. The Morgan fingerprint density at radius 3 is 2.46 bits per heavy atom. The lowest BCUT2D eigenvalue weighted by atomic mass is 9.68. The Labute approximate surface area is 150 Å². The maximum Gasteiger partial charge on any atom is 0.319 e. The van der Waals surface area contributed by atoms with E-state index in [1.165, 1.54) is 0 Å². The Morgan fingerprint density at radius 1 is 1.12 bits per heavy atom. The summed E-state index contributed by atoms with van der Waals surface area (Å²) in [7, 11) is 0. The summed E-state index contributed by atoms with van der Waals surface area (Å²) in [6.45, 7) is 0.201. The number of pyridine rings is 1. The Balaban J connectivity index is 1.62. The molecule has 26 heavy (non-hydrogen) atoms. The van der Waals surface area contributed by atoms with Crippen molar-refractivity contribution in [3.05, 3.63) is 59.9 Å². The normalized spacial score (nSPS) is 14.8. The maximum absolute atomic E-state index is 12.2. The number of nitrogens with one attached hydrogen (secondary N) is 2. The molecule has 1 aromatic carbocycles. The second-order valence-electron chi connectivity index (χ2n) is 6.31. The van der Waals surface area contributed by atoms with E-state index in [4.69, 9.17) is 0 Å². The molecule has 1 heterocycles. The number of nitrogens with zero attached hydrogens (tertiary/aromatic N) is 1. The molecule has 0 saturated heterocycles. The Morgan fingerprint density at radius 2 is 1.85 bits per heavy atom. The minimum atomic E-state index is -1.28. The van der Waals surface area contributed by atoms with E-state index in [1.807, 2.05) is 0 Å². The molecule has 1 aliphatic rings. The highest BCUT2D eigenvalue weighted by Crippen LogP contribution is 2.41. The Bertz CT molecular complexity index is 832. The molecular weight excluding hydrogens is 334 g/mol. The van der Waals surface area contributed by atoms with Crippen LogP contribution >= 0.6 is 0 Å². The lowest BCUT2D eigenvalue weighted by Crippen LogP contribution is -2.50. The molecule has 2 amide bonds. The van der Waals surface area contributed by atoms with Gasteiger partial charge in [-0.2, -0.15) is 0 Å². The monoisotopic (exact) mass is 353 g/mol. The first-order valence-corrected chi connectivity index (χ1v) is 8.33. The summed E-state index contributed by atoms with van der Waals surface area (Å²) in [6.07, 6.45) is 4.57. The first-order valence-electron chi connectivity index (χ1n) is 8.33. The van der Waals surface area contributed by atoms with Crippen LogP contribution in [0.2, 0.25) is 0 Å². The molecule has 2 aromatic rings. The number of rotatable bonds is 6. The Kier molecular flexibility index (Phi) is 4.97. The minimum absolute atomic E-state index is 0.201. The van der Waals surface area contributed by atoms with Crippen LogP contribution in [0.1, 0.15) is 35.2 Å². The number of carbonyl (C=O) groups is 3. The fourth-order valence-corrected chi connectivity index (χ4v) is 2.89. The van der Waals surface area contributed by atoms with E-state index in [-0.39, 0.29) is 12.5 Å².